The van der Waals surface area contributed by atoms with Gasteiger partial charge in [-0.25, -0.2) is 0 Å². The van der Waals surface area contributed by atoms with Crippen molar-refractivity contribution < 1.29 is 498 Å². The second-order valence-electron chi connectivity index (χ2n) is 20.1. The Bertz CT molecular complexity index is 3950. The van der Waals surface area contributed by atoms with Gasteiger partial charge < -0.3 is 59.2 Å². The molecular formula is C78H65Na13O26S13. The fourth-order valence-corrected chi connectivity index (χ4v) is 11.8. The summed E-state index contributed by atoms with van der Waals surface area (Å²) in [5.41, 5.74) is 0. The Labute approximate surface area is 1080 Å². The van der Waals surface area contributed by atoms with Crippen molar-refractivity contribution in [1.29, 1.82) is 0 Å². The van der Waals surface area contributed by atoms with Crippen LogP contribution in [0.25, 0.3) is 0 Å². The Hall–Kier alpha value is 4.29. The predicted octanol–water partition coefficient (Wildman–Crippen LogP) is -26.9. The van der Waals surface area contributed by atoms with Crippen molar-refractivity contribution in [2.75, 3.05) is 0 Å². The van der Waals surface area contributed by atoms with Crippen LogP contribution in [0, 0.1) is 0 Å². The maximum Gasteiger partial charge on any atom is 1.00 e. The summed E-state index contributed by atoms with van der Waals surface area (Å²) in [6.45, 7) is 0. The smallest absolute Gasteiger partial charge is 0.768 e. The summed E-state index contributed by atoms with van der Waals surface area (Å²) in [5.74, 6) is 0. The summed E-state index contributed by atoms with van der Waals surface area (Å²) in [5, 5.41) is 0. The summed E-state index contributed by atoms with van der Waals surface area (Å²) >= 11 is -27.0. The molecule has 0 spiro atoms. The monoisotopic (exact) mass is 2130 g/mol. The molecule has 0 saturated carbocycles. The Kier molecular flexibility index (Phi) is 134. The molecule has 0 saturated heterocycles. The number of benzene rings is 13. The third-order valence-corrected chi connectivity index (χ3v) is 20.7. The van der Waals surface area contributed by atoms with Gasteiger partial charge in [0.25, 0.3) is 0 Å². The molecule has 0 aliphatic heterocycles. The van der Waals surface area contributed by atoms with Gasteiger partial charge in [0.05, 0.1) is 0 Å². The van der Waals surface area contributed by atoms with E-state index in [0.717, 1.165) is 0 Å². The van der Waals surface area contributed by atoms with Gasteiger partial charge in [-0.1, -0.05) is 237 Å². The molecule has 13 atom stereocenters. The van der Waals surface area contributed by atoms with Crippen molar-refractivity contribution in [3.05, 3.63) is 394 Å². The molecule has 0 amide bonds. The maximum atomic E-state index is 10.2. The van der Waals surface area contributed by atoms with Gasteiger partial charge in [0.2, 0.25) is 0 Å². The van der Waals surface area contributed by atoms with Gasteiger partial charge in [0, 0.05) is 63.6 Å². The van der Waals surface area contributed by atoms with Gasteiger partial charge in [0.15, 0.2) is 0 Å². The van der Waals surface area contributed by atoms with Crippen LogP contribution in [0.4, 0.5) is 0 Å². The minimum absolute atomic E-state index is 0. The summed E-state index contributed by atoms with van der Waals surface area (Å²) < 4.78 is 265. The van der Waals surface area contributed by atoms with Crippen molar-refractivity contribution in [1.82, 2.24) is 0 Å². The fraction of sp³-hybridized carbons (Fsp3) is 0. The second-order valence-corrected chi connectivity index (χ2v) is 32.4. The van der Waals surface area contributed by atoms with E-state index in [1.165, 1.54) is 0 Å². The van der Waals surface area contributed by atoms with Gasteiger partial charge >= 0.3 is 384 Å². The molecule has 0 bridgehead atoms. The van der Waals surface area contributed by atoms with E-state index >= 15 is 0 Å². The van der Waals surface area contributed by atoms with Crippen molar-refractivity contribution in [3.63, 3.8) is 0 Å². The van der Waals surface area contributed by atoms with Crippen LogP contribution in [0.5, 0.6) is 0 Å². The second kappa shape index (κ2) is 108. The summed E-state index contributed by atoms with van der Waals surface area (Å²) in [7, 11) is 0. The molecule has 0 N–H and O–H groups in total. The zero-order valence-corrected chi connectivity index (χ0v) is 110. The molecule has 0 aromatic heterocycles. The molecule has 0 aliphatic carbocycles. The van der Waals surface area contributed by atoms with Gasteiger partial charge in [-0.05, 0) is 302 Å². The summed E-state index contributed by atoms with van der Waals surface area (Å²) in [6, 6.07) is 107. The Morgan fingerprint density at radius 2 is 0.131 bits per heavy atom. The van der Waals surface area contributed by atoms with Gasteiger partial charge in [0.1, 0.15) is 0 Å². The first kappa shape index (κ1) is 162. The Morgan fingerprint density at radius 1 is 0.0923 bits per heavy atom. The first-order chi connectivity index (χ1) is 56.0. The van der Waals surface area contributed by atoms with E-state index in [1.54, 1.807) is 394 Å². The van der Waals surface area contributed by atoms with Gasteiger partial charge in [-0.2, -0.15) is 0 Å². The normalized spacial score (nSPS) is 11.7. The van der Waals surface area contributed by atoms with Crippen molar-refractivity contribution in [3.8, 4) is 0 Å². The zero-order valence-electron chi connectivity index (χ0n) is 72.9. The SMILES string of the molecule is O=S([O-])c1ccccc1.O=S([O-])c1ccccc1.O=S([O-])c1ccccc1.O=S([O-])c1ccccc1.O=S([O-])c1ccccc1.O=S([O-])c1ccccc1.O=S([O-])c1ccccc1.O=S([O-])c1ccccc1.O=S([O-])c1ccccc1.O=S([O-])c1ccccc1.O=S([O-])c1ccccc1.O=S([O-])c1ccccc1.O=S([O-])c1ccccc1.[Na+].[Na+].[Na+].[Na+].[Na+].[Na+].[Na+].[Na+].[Na+].[Na+].[Na+].[Na+].[Na+]. The average molecular weight is 2130 g/mol. The van der Waals surface area contributed by atoms with E-state index in [0.29, 0.717) is 63.6 Å². The quantitative estimate of drug-likeness (QED) is 0.0764. The molecule has 13 aromatic carbocycles. The number of rotatable bonds is 13. The molecule has 0 heterocycles. The van der Waals surface area contributed by atoms with Gasteiger partial charge in [-0.15, -0.1) is 0 Å². The van der Waals surface area contributed by atoms with E-state index in [9.17, 15) is 114 Å². The van der Waals surface area contributed by atoms with E-state index in [2.05, 4.69) is 0 Å². The minimum atomic E-state index is -2.08. The van der Waals surface area contributed by atoms with Crippen LogP contribution in [-0.4, -0.2) is 114 Å². The minimum Gasteiger partial charge on any atom is -0.768 e. The van der Waals surface area contributed by atoms with Crippen molar-refractivity contribution in [2.45, 2.75) is 63.6 Å². The molecule has 0 fully saturated rings. The third-order valence-electron chi connectivity index (χ3n) is 12.2. The Morgan fingerprint density at radius 3 is 0.154 bits per heavy atom. The summed E-state index contributed by atoms with van der Waals surface area (Å²) in [6.07, 6.45) is 0. The molecule has 13 aromatic rings. The first-order valence-corrected chi connectivity index (χ1v) is 45.8. The van der Waals surface area contributed by atoms with Gasteiger partial charge in [-0.3, -0.25) is 54.7 Å². The molecule has 624 valence electrons. The van der Waals surface area contributed by atoms with Crippen molar-refractivity contribution in [2.24, 2.45) is 0 Å². The maximum absolute atomic E-state index is 10.2. The van der Waals surface area contributed by atoms with E-state index in [-0.39, 0.29) is 384 Å². The molecule has 26 nitrogen and oxygen atoms in total. The van der Waals surface area contributed by atoms with E-state index in [4.69, 9.17) is 0 Å². The molecule has 130 heavy (non-hydrogen) atoms. The first-order valence-electron chi connectivity index (χ1n) is 31.8. The molecule has 13 unspecified atom stereocenters. The molecular weight excluding hydrogens is 2070 g/mol. The average Bonchev–Trinajstić information content (AvgIpc) is 1.06. The summed E-state index contributed by atoms with van der Waals surface area (Å²) in [4.78, 5) is 4.30. The van der Waals surface area contributed by atoms with Crippen LogP contribution in [0.1, 0.15) is 0 Å². The molecule has 0 aliphatic rings. The Balaban J connectivity index is -0.000000103. The van der Waals surface area contributed by atoms with Crippen LogP contribution in [0.2, 0.25) is 0 Å². The van der Waals surface area contributed by atoms with Crippen LogP contribution >= 0.6 is 0 Å². The van der Waals surface area contributed by atoms with E-state index in [1.807, 2.05) is 0 Å². The number of hydrogen-bond acceptors (Lipinski definition) is 26. The zero-order chi connectivity index (χ0) is 87.0. The predicted molar refractivity (Wildman–Crippen MR) is 437 cm³/mol. The van der Waals surface area contributed by atoms with Crippen LogP contribution in [0.15, 0.2) is 458 Å². The number of hydrogen-bond donors (Lipinski definition) is 0. The fourth-order valence-electron chi connectivity index (χ4n) is 6.91. The van der Waals surface area contributed by atoms with E-state index < -0.39 is 144 Å². The van der Waals surface area contributed by atoms with Crippen LogP contribution < -0.4 is 384 Å². The third kappa shape index (κ3) is 88.8. The van der Waals surface area contributed by atoms with Crippen LogP contribution in [-0.2, 0) is 144 Å². The topological polar surface area (TPSA) is 522 Å². The standard InChI is InChI=1S/13C6H6O2S.13Na/c13*7-9(8)6-4-2-1-3-5-6;;;;;;;;;;;;;/h13*1-5H,(H,7,8);;;;;;;;;;;;;/q;;;;;;;;;;;;;13*+1/p-13. The molecule has 52 heteroatoms. The van der Waals surface area contributed by atoms with Crippen molar-refractivity contribution >= 4 is 144 Å². The molecule has 13 rings (SSSR count). The largest absolute Gasteiger partial charge is 1.00 e. The van der Waals surface area contributed by atoms with Crippen LogP contribution in [0.3, 0.4) is 0 Å². The molecule has 0 radical (unpaired) electrons.